The zero-order valence-corrected chi connectivity index (χ0v) is 93.6. The van der Waals surface area contributed by atoms with Crippen molar-refractivity contribution in [2.75, 3.05) is 26.2 Å². The van der Waals surface area contributed by atoms with Gasteiger partial charge in [-0.15, -0.1) is 24.8 Å². The number of rotatable bonds is 40. The van der Waals surface area contributed by atoms with Gasteiger partial charge in [-0.25, -0.2) is 19.2 Å². The second kappa shape index (κ2) is 65.0. The molecule has 0 aromatic heterocycles. The molecule has 12 rings (SSSR count). The van der Waals surface area contributed by atoms with E-state index in [-0.39, 0.29) is 144 Å². The molecule has 0 saturated heterocycles. The van der Waals surface area contributed by atoms with E-state index in [1.165, 1.54) is 19.3 Å². The third-order valence-corrected chi connectivity index (χ3v) is 30.6. The van der Waals surface area contributed by atoms with Crippen LogP contribution in [-0.2, 0) is 18.9 Å². The summed E-state index contributed by atoms with van der Waals surface area (Å²) in [5, 5.41) is 43.6. The molecule has 14 atom stereocenters. The van der Waals surface area contributed by atoms with E-state index in [0.29, 0.717) is 124 Å². The Balaban J connectivity index is 0.000000500. The largest absolute Gasteiger partial charge is 0.508 e. The van der Waals surface area contributed by atoms with E-state index in [9.17, 15) is 39.6 Å². The van der Waals surface area contributed by atoms with Crippen LogP contribution in [0.1, 0.15) is 414 Å². The van der Waals surface area contributed by atoms with Crippen LogP contribution in [0, 0.1) is 53.3 Å². The molecule has 0 heterocycles. The van der Waals surface area contributed by atoms with Crippen molar-refractivity contribution in [1.29, 1.82) is 0 Å². The van der Waals surface area contributed by atoms with Crippen LogP contribution in [-0.4, -0.2) is 157 Å². The average molecular weight is 2080 g/mol. The van der Waals surface area contributed by atoms with E-state index < -0.39 is 5.97 Å². The molecule has 148 heavy (non-hydrogen) atoms. The Labute approximate surface area is 909 Å². The fourth-order valence-electron chi connectivity index (χ4n) is 22.5. The van der Waals surface area contributed by atoms with Crippen molar-refractivity contribution in [2.45, 2.75) is 390 Å². The summed E-state index contributed by atoms with van der Waals surface area (Å²) in [4.78, 5) is 62.9. The lowest BCUT2D eigenvalue weighted by molar-refractivity contribution is -0.0181. The first-order valence-corrected chi connectivity index (χ1v) is 53.9. The van der Waals surface area contributed by atoms with Gasteiger partial charge in [0.1, 0.15) is 47.4 Å². The summed E-state index contributed by atoms with van der Waals surface area (Å²) in [6, 6.07) is 75.0. The Bertz CT molecular complexity index is 4860. The number of carbonyl (C=O) groups is 4. The first kappa shape index (κ1) is 133. The van der Waals surface area contributed by atoms with Gasteiger partial charge in [0.05, 0.1) is 22.3 Å². The molecule has 0 radical (unpaired) electrons. The lowest BCUT2D eigenvalue weighted by atomic mass is 9.75. The minimum Gasteiger partial charge on any atom is -0.508 e. The number of nitrogens with zero attached hydrogens (tertiary/aromatic N) is 4. The summed E-state index contributed by atoms with van der Waals surface area (Å²) >= 11 is 0. The standard InChI is InChI=1S/3C32H47NO3.C30H37NO3.4CH4.2ClH/c3*1-21(2)27-15-13-24(7)19-31(27)36-32(35)26-14-16-30(34)29(20-26)28(25-11-9-8-10-12-25)17-18-33(22(3)4)23(5)6;1-21(2)31(22(3)4)19-18-27(25-14-10-7-11-15-25)28-20-26(16-17-29(28)32)30(33)34-23(5)24-12-8-6-9-13-24;;;;;;/h3*8-12,14,16,20-24,27-28,31,34H,13,15,17-19H2,1-7H3;6-17,20-23,27,32H,18-19H2,1-5H3;4*1H4;2*1H/t24-,27+,28+,31-;2*24-,27+,28-,31-;23-,27-;;;;;;/m0100....../s1. The minimum absolute atomic E-state index is 0. The van der Waals surface area contributed by atoms with Crippen LogP contribution in [0.15, 0.2) is 224 Å². The summed E-state index contributed by atoms with van der Waals surface area (Å²) in [7, 11) is 0. The Morgan fingerprint density at radius 2 is 0.459 bits per heavy atom. The van der Waals surface area contributed by atoms with Crippen molar-refractivity contribution in [1.82, 2.24) is 19.6 Å². The number of phenolic OH excluding ortho intramolecular Hbond substituents is 4. The van der Waals surface area contributed by atoms with E-state index >= 15 is 0 Å². The average Bonchev–Trinajstić information content (AvgIpc) is 0.812. The van der Waals surface area contributed by atoms with Crippen LogP contribution in [0.5, 0.6) is 23.0 Å². The molecule has 0 amide bonds. The molecule has 3 aliphatic carbocycles. The van der Waals surface area contributed by atoms with Crippen molar-refractivity contribution in [3.63, 3.8) is 0 Å². The number of halogens is 2. The second-order valence-electron chi connectivity index (χ2n) is 44.6. The number of carbonyl (C=O) groups excluding carboxylic acids is 4. The zero-order chi connectivity index (χ0) is 104. The molecule has 3 fully saturated rings. The molecule has 9 aromatic rings. The number of esters is 4. The van der Waals surface area contributed by atoms with E-state index in [1.807, 2.05) is 128 Å². The Kier molecular flexibility index (Phi) is 58.3. The monoisotopic (exact) mass is 2080 g/mol. The molecule has 4 N–H and O–H groups in total. The molecule has 16 nitrogen and oxygen atoms in total. The van der Waals surface area contributed by atoms with Gasteiger partial charge in [0.15, 0.2) is 0 Å². The predicted molar refractivity (Wildman–Crippen MR) is 625 cm³/mol. The van der Waals surface area contributed by atoms with Crippen LogP contribution in [0.25, 0.3) is 0 Å². The number of ether oxygens (including phenoxy) is 4. The number of benzene rings is 9. The van der Waals surface area contributed by atoms with Crippen molar-refractivity contribution < 1.29 is 58.6 Å². The Morgan fingerprint density at radius 3 is 0.649 bits per heavy atom. The van der Waals surface area contributed by atoms with Crippen molar-refractivity contribution in [3.8, 4) is 23.0 Å². The molecule has 9 aromatic carbocycles. The highest BCUT2D eigenvalue weighted by atomic mass is 35.5. The molecular formula is C130H196Cl2N4O12. The van der Waals surface area contributed by atoms with Gasteiger partial charge >= 0.3 is 23.9 Å². The zero-order valence-electron chi connectivity index (χ0n) is 92.0. The first-order chi connectivity index (χ1) is 67.5. The summed E-state index contributed by atoms with van der Waals surface area (Å²) < 4.78 is 24.1. The molecule has 0 aliphatic heterocycles. The van der Waals surface area contributed by atoms with Crippen molar-refractivity contribution in [2.24, 2.45) is 53.3 Å². The van der Waals surface area contributed by atoms with E-state index in [4.69, 9.17) is 18.9 Å². The van der Waals surface area contributed by atoms with E-state index in [2.05, 4.69) is 241 Å². The van der Waals surface area contributed by atoms with Crippen molar-refractivity contribution >= 4 is 48.7 Å². The van der Waals surface area contributed by atoms with Crippen LogP contribution in [0.4, 0.5) is 0 Å². The smallest absolute Gasteiger partial charge is 0.338 e. The van der Waals surface area contributed by atoms with E-state index in [1.54, 1.807) is 54.6 Å². The van der Waals surface area contributed by atoms with Gasteiger partial charge in [-0.3, -0.25) is 19.6 Å². The van der Waals surface area contributed by atoms with Crippen LogP contribution < -0.4 is 0 Å². The van der Waals surface area contributed by atoms with Gasteiger partial charge in [-0.05, 0) is 362 Å². The number of hydrogen-bond acceptors (Lipinski definition) is 16. The van der Waals surface area contributed by atoms with Gasteiger partial charge in [-0.2, -0.15) is 0 Å². The van der Waals surface area contributed by atoms with Crippen LogP contribution in [0.3, 0.4) is 0 Å². The summed E-state index contributed by atoms with van der Waals surface area (Å²) in [5.41, 5.74) is 10.6. The molecule has 18 heteroatoms. The maximum atomic E-state index is 13.3. The summed E-state index contributed by atoms with van der Waals surface area (Å²) in [5.74, 6) is 3.92. The highest BCUT2D eigenvalue weighted by Crippen LogP contribution is 2.45. The molecule has 0 bridgehead atoms. The van der Waals surface area contributed by atoms with Crippen LogP contribution in [0.2, 0.25) is 0 Å². The molecule has 3 saturated carbocycles. The lowest BCUT2D eigenvalue weighted by Crippen LogP contribution is -2.38. The fourth-order valence-corrected chi connectivity index (χ4v) is 22.5. The molecule has 822 valence electrons. The predicted octanol–water partition coefficient (Wildman–Crippen LogP) is 33.3. The highest BCUT2D eigenvalue weighted by Gasteiger charge is 2.39. The van der Waals surface area contributed by atoms with Gasteiger partial charge in [0.2, 0.25) is 0 Å². The number of phenols is 4. The topological polar surface area (TPSA) is 199 Å². The third-order valence-electron chi connectivity index (χ3n) is 30.6. The third kappa shape index (κ3) is 39.0. The molecule has 0 unspecified atom stereocenters. The normalized spacial score (nSPS) is 18.6. The first-order valence-electron chi connectivity index (χ1n) is 53.9. The SMILES string of the molecule is C.C.C.C.CC(C)N(CC[C@@H](c1ccccc1)c1cc(C(=O)O[C@@H](C)c2ccccc2)ccc1O)C(C)C.CC(C)[C@@H]1CC[C@@H](C)C[C@H]1OC(=O)c1ccc(O)c([C@H](CCN(C(C)C)C(C)C)c2ccccc2)c1.CC(C)[C@H]1CC[C@H](C)C[C@@H]1OC(=O)c1ccc(O)c([C@@H](CCN(C(C)C)C(C)C)c2ccccc2)c1.CC(C)[C@H]1CC[C@H](C)C[C@@H]1OC(=O)c1ccc(O)c([C@H](CCN(C(C)C)C(C)C)c2ccccc2)c1.Cl.Cl. The Hall–Kier alpha value is -9.52. The molecule has 3 aliphatic rings. The van der Waals surface area contributed by atoms with E-state index in [0.717, 1.165) is 140 Å². The maximum Gasteiger partial charge on any atom is 0.338 e. The van der Waals surface area contributed by atoms with Crippen LogP contribution >= 0.6 is 24.8 Å². The van der Waals surface area contributed by atoms with Gasteiger partial charge in [0, 0.05) is 94.3 Å². The second-order valence-corrected chi connectivity index (χ2v) is 44.6. The minimum atomic E-state index is -0.393. The summed E-state index contributed by atoms with van der Waals surface area (Å²) in [6.45, 7) is 61.1. The van der Waals surface area contributed by atoms with Gasteiger partial charge < -0.3 is 39.4 Å². The number of hydrogen-bond donors (Lipinski definition) is 4. The van der Waals surface area contributed by atoms with Gasteiger partial charge in [0.25, 0.3) is 0 Å². The maximum absolute atomic E-state index is 13.3. The van der Waals surface area contributed by atoms with Gasteiger partial charge in [-0.1, -0.05) is 263 Å². The highest BCUT2D eigenvalue weighted by molar-refractivity contribution is 5.92. The Morgan fingerprint density at radius 1 is 0.270 bits per heavy atom. The lowest BCUT2D eigenvalue weighted by Gasteiger charge is -2.36. The summed E-state index contributed by atoms with van der Waals surface area (Å²) in [6.07, 6.45) is 12.6. The quantitative estimate of drug-likeness (QED) is 0.0209. The molecular weight excluding hydrogens is 1880 g/mol. The van der Waals surface area contributed by atoms with Crippen molar-refractivity contribution in [3.05, 3.63) is 297 Å². The number of aromatic hydroxyl groups is 4. The fraction of sp³-hybridized carbons (Fsp3) is 0.554. The molecule has 0 spiro atoms.